The highest BCUT2D eigenvalue weighted by atomic mass is 16.4. The standard InChI is InChI=1S/C21H16O3/c1-14-6-5-9-17-16(11-12-18(20(14)17)21(23)24)19(22)13-10-15-7-3-2-4-8-15/h2-13H,1H3,(H,23,24)/b13-10-. The first kappa shape index (κ1) is 15.7. The van der Waals surface area contributed by atoms with Gasteiger partial charge in [-0.15, -0.1) is 0 Å². The van der Waals surface area contributed by atoms with E-state index in [0.29, 0.717) is 16.3 Å². The molecule has 0 atom stereocenters. The summed E-state index contributed by atoms with van der Waals surface area (Å²) in [5.74, 6) is -1.14. The smallest absolute Gasteiger partial charge is 0.336 e. The Morgan fingerprint density at radius 1 is 0.875 bits per heavy atom. The normalized spacial score (nSPS) is 11.0. The molecule has 0 amide bonds. The molecule has 0 aliphatic heterocycles. The van der Waals surface area contributed by atoms with Crippen molar-refractivity contribution in [1.82, 2.24) is 0 Å². The van der Waals surface area contributed by atoms with Crippen LogP contribution >= 0.6 is 0 Å². The number of aromatic carboxylic acids is 1. The summed E-state index contributed by atoms with van der Waals surface area (Å²) < 4.78 is 0. The number of carboxylic acid groups (broad SMARTS) is 1. The van der Waals surface area contributed by atoms with E-state index in [4.69, 9.17) is 0 Å². The average Bonchev–Trinajstić information content (AvgIpc) is 2.60. The minimum atomic E-state index is -0.992. The molecule has 118 valence electrons. The fourth-order valence-electron chi connectivity index (χ4n) is 2.81. The first-order valence-electron chi connectivity index (χ1n) is 7.61. The molecule has 0 heterocycles. The molecule has 24 heavy (non-hydrogen) atoms. The molecule has 3 aromatic rings. The predicted molar refractivity (Wildman–Crippen MR) is 95.5 cm³/mol. The lowest BCUT2D eigenvalue weighted by Crippen LogP contribution is -2.03. The molecule has 3 heteroatoms. The van der Waals surface area contributed by atoms with Crippen molar-refractivity contribution in [2.75, 3.05) is 0 Å². The zero-order chi connectivity index (χ0) is 17.1. The van der Waals surface area contributed by atoms with E-state index in [1.54, 1.807) is 18.2 Å². The molecule has 0 fully saturated rings. The van der Waals surface area contributed by atoms with Crippen molar-refractivity contribution in [2.45, 2.75) is 6.92 Å². The number of carboxylic acids is 1. The third kappa shape index (κ3) is 2.97. The number of benzene rings is 3. The SMILES string of the molecule is Cc1cccc2c(C(=O)/C=C\c3ccccc3)ccc(C(=O)O)c12. The van der Waals surface area contributed by atoms with E-state index in [0.717, 1.165) is 11.1 Å². The zero-order valence-corrected chi connectivity index (χ0v) is 13.2. The van der Waals surface area contributed by atoms with Gasteiger partial charge in [0.15, 0.2) is 5.78 Å². The Morgan fingerprint density at radius 2 is 1.58 bits per heavy atom. The van der Waals surface area contributed by atoms with E-state index in [9.17, 15) is 14.7 Å². The molecule has 0 aliphatic rings. The summed E-state index contributed by atoms with van der Waals surface area (Å²) in [6, 6.07) is 18.1. The second kappa shape index (κ2) is 6.50. The number of allylic oxidation sites excluding steroid dienone is 1. The Kier molecular flexibility index (Phi) is 4.25. The van der Waals surface area contributed by atoms with Gasteiger partial charge >= 0.3 is 5.97 Å². The highest BCUT2D eigenvalue weighted by Gasteiger charge is 2.15. The summed E-state index contributed by atoms with van der Waals surface area (Å²) in [5, 5.41) is 10.7. The van der Waals surface area contributed by atoms with Gasteiger partial charge in [0.1, 0.15) is 0 Å². The van der Waals surface area contributed by atoms with Crippen LogP contribution in [0.1, 0.15) is 31.8 Å². The topological polar surface area (TPSA) is 54.4 Å². The van der Waals surface area contributed by atoms with Crippen molar-refractivity contribution in [3.05, 3.63) is 89.0 Å². The van der Waals surface area contributed by atoms with E-state index in [1.807, 2.05) is 49.4 Å². The van der Waals surface area contributed by atoms with Gasteiger partial charge in [-0.3, -0.25) is 4.79 Å². The summed E-state index contributed by atoms with van der Waals surface area (Å²) >= 11 is 0. The van der Waals surface area contributed by atoms with Gasteiger partial charge in [0.25, 0.3) is 0 Å². The number of hydrogen-bond acceptors (Lipinski definition) is 2. The fourth-order valence-corrected chi connectivity index (χ4v) is 2.81. The number of rotatable bonds is 4. The largest absolute Gasteiger partial charge is 0.478 e. The Morgan fingerprint density at radius 3 is 2.29 bits per heavy atom. The molecule has 0 saturated heterocycles. The molecule has 1 N–H and O–H groups in total. The minimum absolute atomic E-state index is 0.147. The molecule has 0 spiro atoms. The van der Waals surface area contributed by atoms with Crippen molar-refractivity contribution in [3.8, 4) is 0 Å². The van der Waals surface area contributed by atoms with Gasteiger partial charge in [-0.25, -0.2) is 4.79 Å². The van der Waals surface area contributed by atoms with Crippen LogP contribution in [-0.2, 0) is 0 Å². The second-order valence-corrected chi connectivity index (χ2v) is 5.57. The fraction of sp³-hybridized carbons (Fsp3) is 0.0476. The number of carbonyl (C=O) groups excluding carboxylic acids is 1. The molecule has 3 nitrogen and oxygen atoms in total. The van der Waals surface area contributed by atoms with E-state index >= 15 is 0 Å². The van der Waals surface area contributed by atoms with Crippen LogP contribution in [0.25, 0.3) is 16.8 Å². The monoisotopic (exact) mass is 316 g/mol. The molecular formula is C21H16O3. The van der Waals surface area contributed by atoms with Gasteiger partial charge in [0.05, 0.1) is 5.56 Å². The quantitative estimate of drug-likeness (QED) is 0.558. The highest BCUT2D eigenvalue weighted by molar-refractivity contribution is 6.18. The number of hydrogen-bond donors (Lipinski definition) is 1. The van der Waals surface area contributed by atoms with Gasteiger partial charge in [-0.05, 0) is 47.0 Å². The van der Waals surface area contributed by atoms with Crippen LogP contribution in [0.5, 0.6) is 0 Å². The van der Waals surface area contributed by atoms with Crippen molar-refractivity contribution < 1.29 is 14.7 Å². The molecule has 0 aliphatic carbocycles. The second-order valence-electron chi connectivity index (χ2n) is 5.57. The number of aryl methyl sites for hydroxylation is 1. The Balaban J connectivity index is 2.09. The van der Waals surface area contributed by atoms with E-state index in [2.05, 4.69) is 0 Å². The van der Waals surface area contributed by atoms with Crippen molar-refractivity contribution in [1.29, 1.82) is 0 Å². The van der Waals surface area contributed by atoms with Gasteiger partial charge in [-0.1, -0.05) is 54.6 Å². The van der Waals surface area contributed by atoms with Crippen molar-refractivity contribution in [3.63, 3.8) is 0 Å². The maximum Gasteiger partial charge on any atom is 0.336 e. The summed E-state index contributed by atoms with van der Waals surface area (Å²) in [4.78, 5) is 24.1. The number of fused-ring (bicyclic) bond motifs is 1. The van der Waals surface area contributed by atoms with Crippen LogP contribution in [0.4, 0.5) is 0 Å². The molecule has 3 aromatic carbocycles. The minimum Gasteiger partial charge on any atom is -0.478 e. The lowest BCUT2D eigenvalue weighted by molar-refractivity contribution is 0.0698. The van der Waals surface area contributed by atoms with E-state index < -0.39 is 5.97 Å². The summed E-state index contributed by atoms with van der Waals surface area (Å²) in [5.41, 5.74) is 2.50. The number of carbonyl (C=O) groups is 2. The predicted octanol–water partition coefficient (Wildman–Crippen LogP) is 4.74. The molecule has 3 rings (SSSR count). The van der Waals surface area contributed by atoms with Crippen molar-refractivity contribution in [2.24, 2.45) is 0 Å². The average molecular weight is 316 g/mol. The van der Waals surface area contributed by atoms with Crippen LogP contribution < -0.4 is 0 Å². The van der Waals surface area contributed by atoms with Gasteiger partial charge in [-0.2, -0.15) is 0 Å². The van der Waals surface area contributed by atoms with Crippen LogP contribution in [0.3, 0.4) is 0 Å². The third-order valence-electron chi connectivity index (χ3n) is 3.97. The maximum absolute atomic E-state index is 12.6. The van der Waals surface area contributed by atoms with Gasteiger partial charge < -0.3 is 5.11 Å². The van der Waals surface area contributed by atoms with Crippen LogP contribution in [-0.4, -0.2) is 16.9 Å². The Labute approximate surface area is 139 Å². The van der Waals surface area contributed by atoms with Crippen molar-refractivity contribution >= 4 is 28.6 Å². The zero-order valence-electron chi connectivity index (χ0n) is 13.2. The molecular weight excluding hydrogens is 300 g/mol. The molecule has 0 radical (unpaired) electrons. The first-order valence-corrected chi connectivity index (χ1v) is 7.61. The molecule has 0 unspecified atom stereocenters. The third-order valence-corrected chi connectivity index (χ3v) is 3.97. The first-order chi connectivity index (χ1) is 11.6. The van der Waals surface area contributed by atoms with Crippen LogP contribution in [0.15, 0.2) is 66.7 Å². The molecule has 0 bridgehead atoms. The van der Waals surface area contributed by atoms with Gasteiger partial charge in [0, 0.05) is 5.56 Å². The van der Waals surface area contributed by atoms with E-state index in [1.165, 1.54) is 12.1 Å². The molecule has 0 saturated carbocycles. The van der Waals surface area contributed by atoms with Gasteiger partial charge in [0.2, 0.25) is 0 Å². The van der Waals surface area contributed by atoms with Crippen LogP contribution in [0.2, 0.25) is 0 Å². The highest BCUT2D eigenvalue weighted by Crippen LogP contribution is 2.27. The number of ketones is 1. The van der Waals surface area contributed by atoms with Crippen LogP contribution in [0, 0.1) is 6.92 Å². The summed E-state index contributed by atoms with van der Waals surface area (Å²) in [6.07, 6.45) is 3.28. The summed E-state index contributed by atoms with van der Waals surface area (Å²) in [6.45, 7) is 1.85. The van der Waals surface area contributed by atoms with E-state index in [-0.39, 0.29) is 11.3 Å². The molecule has 0 aromatic heterocycles. The Bertz CT molecular complexity index is 953. The summed E-state index contributed by atoms with van der Waals surface area (Å²) in [7, 11) is 0. The lowest BCUT2D eigenvalue weighted by Gasteiger charge is -2.09. The lowest BCUT2D eigenvalue weighted by atomic mass is 9.94. The Hall–Kier alpha value is -3.20. The maximum atomic E-state index is 12.6.